The summed E-state index contributed by atoms with van der Waals surface area (Å²) in [6.45, 7) is 8.95. The van der Waals surface area contributed by atoms with Crippen molar-refractivity contribution in [2.75, 3.05) is 7.05 Å². The summed E-state index contributed by atoms with van der Waals surface area (Å²) in [5.41, 5.74) is 1.36. The molecule has 0 heterocycles. The van der Waals surface area contributed by atoms with Gasteiger partial charge in [-0.1, -0.05) is 32.4 Å². The molecule has 0 aromatic heterocycles. The number of benzene rings is 1. The average molecular weight is 289 g/mol. The van der Waals surface area contributed by atoms with Gasteiger partial charge < -0.3 is 10.1 Å². The molecule has 4 unspecified atom stereocenters. The van der Waals surface area contributed by atoms with Crippen molar-refractivity contribution in [1.29, 1.82) is 0 Å². The van der Waals surface area contributed by atoms with Gasteiger partial charge in [0.2, 0.25) is 0 Å². The number of rotatable bonds is 5. The summed E-state index contributed by atoms with van der Waals surface area (Å²) in [6.07, 6.45) is 4.23. The van der Waals surface area contributed by atoms with E-state index in [0.29, 0.717) is 6.04 Å². The van der Waals surface area contributed by atoms with Crippen molar-refractivity contribution in [3.8, 4) is 5.75 Å². The summed E-state index contributed by atoms with van der Waals surface area (Å²) >= 11 is 0. The predicted octanol–water partition coefficient (Wildman–Crippen LogP) is 4.81. The van der Waals surface area contributed by atoms with E-state index in [2.05, 4.69) is 64.3 Å². The Hall–Kier alpha value is -1.02. The summed E-state index contributed by atoms with van der Waals surface area (Å²) in [5.74, 6) is 3.42. The Morgan fingerprint density at radius 2 is 1.90 bits per heavy atom. The Morgan fingerprint density at radius 3 is 2.52 bits per heavy atom. The maximum absolute atomic E-state index is 5.85. The fraction of sp³-hybridized carbons (Fsp3) is 0.684. The van der Waals surface area contributed by atoms with Gasteiger partial charge in [0.05, 0.1) is 6.10 Å². The van der Waals surface area contributed by atoms with Crippen LogP contribution in [0.4, 0.5) is 0 Å². The van der Waals surface area contributed by atoms with Crippen molar-refractivity contribution in [3.63, 3.8) is 0 Å². The van der Waals surface area contributed by atoms with Gasteiger partial charge in [-0.3, -0.25) is 0 Å². The Kier molecular flexibility index (Phi) is 5.69. The average Bonchev–Trinajstić information content (AvgIpc) is 2.43. The molecule has 0 radical (unpaired) electrons. The summed E-state index contributed by atoms with van der Waals surface area (Å²) in [6, 6.07) is 9.06. The van der Waals surface area contributed by atoms with E-state index in [1.807, 2.05) is 0 Å². The van der Waals surface area contributed by atoms with Crippen molar-refractivity contribution >= 4 is 0 Å². The van der Waals surface area contributed by atoms with Crippen LogP contribution in [0.15, 0.2) is 24.3 Å². The van der Waals surface area contributed by atoms with E-state index in [4.69, 9.17) is 4.74 Å². The molecule has 1 aliphatic rings. The molecular weight excluding hydrogens is 258 g/mol. The van der Waals surface area contributed by atoms with E-state index in [1.165, 1.54) is 24.8 Å². The van der Waals surface area contributed by atoms with Gasteiger partial charge in [0, 0.05) is 6.04 Å². The lowest BCUT2D eigenvalue weighted by Crippen LogP contribution is -2.31. The monoisotopic (exact) mass is 289 g/mol. The Balaban J connectivity index is 2.13. The van der Waals surface area contributed by atoms with Crippen molar-refractivity contribution in [1.82, 2.24) is 5.32 Å². The highest BCUT2D eigenvalue weighted by Gasteiger charge is 2.30. The summed E-state index contributed by atoms with van der Waals surface area (Å²) in [5, 5.41) is 3.55. The van der Waals surface area contributed by atoms with E-state index >= 15 is 0 Å². The van der Waals surface area contributed by atoms with Gasteiger partial charge in [-0.15, -0.1) is 0 Å². The fourth-order valence-electron chi connectivity index (χ4n) is 3.62. The van der Waals surface area contributed by atoms with E-state index in [1.54, 1.807) is 0 Å². The molecule has 1 fully saturated rings. The van der Waals surface area contributed by atoms with Gasteiger partial charge in [0.1, 0.15) is 5.75 Å². The number of hydrogen-bond acceptors (Lipinski definition) is 2. The molecule has 1 N–H and O–H groups in total. The van der Waals surface area contributed by atoms with Crippen LogP contribution < -0.4 is 10.1 Å². The number of ether oxygens (including phenoxy) is 1. The molecule has 1 aromatic carbocycles. The van der Waals surface area contributed by atoms with Gasteiger partial charge >= 0.3 is 0 Å². The Bertz CT molecular complexity index is 443. The lowest BCUT2D eigenvalue weighted by atomic mass is 9.72. The molecule has 2 nitrogen and oxygen atoms in total. The Morgan fingerprint density at radius 1 is 1.14 bits per heavy atom. The van der Waals surface area contributed by atoms with Crippen LogP contribution in [0.25, 0.3) is 0 Å². The van der Waals surface area contributed by atoms with E-state index in [9.17, 15) is 0 Å². The third-order valence-corrected chi connectivity index (χ3v) is 5.01. The molecule has 21 heavy (non-hydrogen) atoms. The zero-order valence-electron chi connectivity index (χ0n) is 14.2. The molecule has 0 bridgehead atoms. The van der Waals surface area contributed by atoms with Crippen molar-refractivity contribution in [3.05, 3.63) is 29.8 Å². The summed E-state index contributed by atoms with van der Waals surface area (Å²) in [7, 11) is 2.09. The molecule has 1 aromatic rings. The molecule has 0 amide bonds. The van der Waals surface area contributed by atoms with Crippen molar-refractivity contribution in [2.45, 2.75) is 59.1 Å². The normalized spacial score (nSPS) is 27.6. The van der Waals surface area contributed by atoms with Crippen LogP contribution in [0, 0.1) is 17.8 Å². The minimum atomic E-state index is 0.226. The lowest BCUT2D eigenvalue weighted by molar-refractivity contribution is 0.174. The fourth-order valence-corrected chi connectivity index (χ4v) is 3.62. The molecule has 2 heteroatoms. The van der Waals surface area contributed by atoms with Crippen LogP contribution in [0.1, 0.15) is 58.6 Å². The second kappa shape index (κ2) is 7.31. The highest BCUT2D eigenvalue weighted by atomic mass is 16.5. The minimum absolute atomic E-state index is 0.226. The molecular formula is C19H31NO. The summed E-state index contributed by atoms with van der Waals surface area (Å²) < 4.78 is 5.85. The first kappa shape index (κ1) is 16.4. The first-order valence-electron chi connectivity index (χ1n) is 8.45. The molecule has 1 saturated carbocycles. The zero-order valence-corrected chi connectivity index (χ0v) is 14.2. The molecule has 4 atom stereocenters. The molecule has 0 spiro atoms. The topological polar surface area (TPSA) is 21.3 Å². The van der Waals surface area contributed by atoms with Crippen LogP contribution in [0.5, 0.6) is 5.75 Å². The first-order valence-corrected chi connectivity index (χ1v) is 8.45. The van der Waals surface area contributed by atoms with Crippen LogP contribution in [-0.2, 0) is 0 Å². The summed E-state index contributed by atoms with van der Waals surface area (Å²) in [4.78, 5) is 0. The van der Waals surface area contributed by atoms with Gasteiger partial charge in [0.25, 0.3) is 0 Å². The van der Waals surface area contributed by atoms with E-state index in [-0.39, 0.29) is 6.10 Å². The zero-order chi connectivity index (χ0) is 15.4. The third kappa shape index (κ3) is 4.23. The molecule has 0 saturated heterocycles. The van der Waals surface area contributed by atoms with Crippen LogP contribution in [0.2, 0.25) is 0 Å². The Labute approximate surface area is 130 Å². The standard InChI is InChI=1S/C19H31NO/c1-13(2)21-18-8-6-7-16(12-18)19(20-5)17-10-9-14(3)15(4)11-17/h6-8,12-15,17,19-20H,9-11H2,1-5H3. The van der Waals surface area contributed by atoms with Gasteiger partial charge in [-0.2, -0.15) is 0 Å². The predicted molar refractivity (Wildman–Crippen MR) is 89.7 cm³/mol. The van der Waals surface area contributed by atoms with Crippen molar-refractivity contribution < 1.29 is 4.74 Å². The second-order valence-electron chi connectivity index (χ2n) is 7.03. The molecule has 0 aliphatic heterocycles. The number of hydrogen-bond donors (Lipinski definition) is 1. The van der Waals surface area contributed by atoms with Crippen LogP contribution in [-0.4, -0.2) is 13.2 Å². The van der Waals surface area contributed by atoms with E-state index < -0.39 is 0 Å². The van der Waals surface area contributed by atoms with Gasteiger partial charge in [0.15, 0.2) is 0 Å². The lowest BCUT2D eigenvalue weighted by Gasteiger charge is -2.37. The first-order chi connectivity index (χ1) is 10.0. The molecule has 2 rings (SSSR count). The highest BCUT2D eigenvalue weighted by Crippen LogP contribution is 2.40. The van der Waals surface area contributed by atoms with Gasteiger partial charge in [-0.25, -0.2) is 0 Å². The number of nitrogens with one attached hydrogen (secondary N) is 1. The van der Waals surface area contributed by atoms with E-state index in [0.717, 1.165) is 23.5 Å². The molecule has 1 aliphatic carbocycles. The smallest absolute Gasteiger partial charge is 0.120 e. The second-order valence-corrected chi connectivity index (χ2v) is 7.03. The SMILES string of the molecule is CNC(c1cccc(OC(C)C)c1)C1CCC(C)C(C)C1. The largest absolute Gasteiger partial charge is 0.491 e. The van der Waals surface area contributed by atoms with Crippen LogP contribution >= 0.6 is 0 Å². The third-order valence-electron chi connectivity index (χ3n) is 5.01. The minimum Gasteiger partial charge on any atom is -0.491 e. The quantitative estimate of drug-likeness (QED) is 0.840. The van der Waals surface area contributed by atoms with Crippen LogP contribution in [0.3, 0.4) is 0 Å². The molecule has 118 valence electrons. The van der Waals surface area contributed by atoms with Crippen molar-refractivity contribution in [2.24, 2.45) is 17.8 Å². The maximum Gasteiger partial charge on any atom is 0.120 e. The highest BCUT2D eigenvalue weighted by molar-refractivity contribution is 5.31. The van der Waals surface area contributed by atoms with Gasteiger partial charge in [-0.05, 0) is 69.2 Å². The maximum atomic E-state index is 5.85.